The molecule has 1 fully saturated rings. The van der Waals surface area contributed by atoms with Crippen LogP contribution >= 0.6 is 15.9 Å². The van der Waals surface area contributed by atoms with Gasteiger partial charge in [0.1, 0.15) is 11.4 Å². The van der Waals surface area contributed by atoms with Crippen LogP contribution in [0.2, 0.25) is 0 Å². The van der Waals surface area contributed by atoms with Gasteiger partial charge < -0.3 is 15.5 Å². The lowest BCUT2D eigenvalue weighted by Crippen LogP contribution is -2.43. The van der Waals surface area contributed by atoms with Gasteiger partial charge in [0.05, 0.1) is 5.60 Å². The lowest BCUT2D eigenvalue weighted by Gasteiger charge is -2.36. The van der Waals surface area contributed by atoms with Crippen LogP contribution in [0.3, 0.4) is 0 Å². The summed E-state index contributed by atoms with van der Waals surface area (Å²) in [5, 5.41) is 21.8. The molecule has 1 aliphatic rings. The number of halogens is 1. The number of aromatic nitrogens is 1. The Morgan fingerprint density at radius 2 is 2.29 bits per heavy atom. The molecule has 0 aliphatic heterocycles. The van der Waals surface area contributed by atoms with Crippen LogP contribution in [0.15, 0.2) is 16.7 Å². The molecule has 1 aliphatic carbocycles. The number of hydrogen-bond donors (Lipinski definition) is 3. The first-order chi connectivity index (χ1) is 8.00. The minimum Gasteiger partial charge on any atom is -0.478 e. The Labute approximate surface area is 107 Å². The van der Waals surface area contributed by atoms with Crippen LogP contribution in [0.4, 0.5) is 5.82 Å². The van der Waals surface area contributed by atoms with E-state index in [-0.39, 0.29) is 5.56 Å². The lowest BCUT2D eigenvalue weighted by atomic mass is 9.80. The highest BCUT2D eigenvalue weighted by Gasteiger charge is 2.34. The van der Waals surface area contributed by atoms with Crippen molar-refractivity contribution in [2.24, 2.45) is 0 Å². The first kappa shape index (κ1) is 12.3. The summed E-state index contributed by atoms with van der Waals surface area (Å²) in [5.74, 6) is -0.747. The van der Waals surface area contributed by atoms with Gasteiger partial charge in [0.2, 0.25) is 0 Å². The zero-order valence-electron chi connectivity index (χ0n) is 9.11. The smallest absolute Gasteiger partial charge is 0.339 e. The zero-order chi connectivity index (χ0) is 12.5. The highest BCUT2D eigenvalue weighted by Crippen LogP contribution is 2.31. The predicted octanol–water partition coefficient (Wildman–Crippen LogP) is 1.87. The van der Waals surface area contributed by atoms with Crippen molar-refractivity contribution >= 4 is 27.7 Å². The van der Waals surface area contributed by atoms with E-state index >= 15 is 0 Å². The van der Waals surface area contributed by atoms with Crippen LogP contribution < -0.4 is 5.32 Å². The number of carboxylic acids is 1. The van der Waals surface area contributed by atoms with Crippen molar-refractivity contribution in [3.05, 3.63) is 22.3 Å². The fourth-order valence-corrected chi connectivity index (χ4v) is 2.08. The number of carbonyl (C=O) groups is 1. The number of carboxylic acid groups (broad SMARTS) is 1. The van der Waals surface area contributed by atoms with Gasteiger partial charge in [0, 0.05) is 17.2 Å². The van der Waals surface area contributed by atoms with E-state index in [9.17, 15) is 9.90 Å². The monoisotopic (exact) mass is 300 g/mol. The maximum Gasteiger partial charge on any atom is 0.339 e. The molecule has 5 nitrogen and oxygen atoms in total. The number of rotatable bonds is 4. The van der Waals surface area contributed by atoms with Crippen LogP contribution in [-0.2, 0) is 0 Å². The van der Waals surface area contributed by atoms with E-state index in [1.807, 2.05) is 0 Å². The van der Waals surface area contributed by atoms with Gasteiger partial charge in [-0.05, 0) is 41.3 Å². The number of aromatic carboxylic acids is 1. The largest absolute Gasteiger partial charge is 0.478 e. The molecule has 0 aromatic carbocycles. The molecule has 2 rings (SSSR count). The van der Waals surface area contributed by atoms with Gasteiger partial charge >= 0.3 is 5.97 Å². The van der Waals surface area contributed by atoms with E-state index in [1.54, 1.807) is 0 Å². The number of anilines is 1. The minimum atomic E-state index is -1.04. The summed E-state index contributed by atoms with van der Waals surface area (Å²) in [4.78, 5) is 15.0. The maximum atomic E-state index is 11.0. The Morgan fingerprint density at radius 3 is 2.82 bits per heavy atom. The summed E-state index contributed by atoms with van der Waals surface area (Å²) >= 11 is 3.18. The average molecular weight is 301 g/mol. The van der Waals surface area contributed by atoms with Crippen molar-refractivity contribution in [1.82, 2.24) is 4.98 Å². The zero-order valence-corrected chi connectivity index (χ0v) is 10.7. The summed E-state index contributed by atoms with van der Waals surface area (Å²) in [6, 6.07) is 1.49. The van der Waals surface area contributed by atoms with Crippen molar-refractivity contribution in [1.29, 1.82) is 0 Å². The molecule has 0 bridgehead atoms. The number of aliphatic hydroxyl groups is 1. The maximum absolute atomic E-state index is 11.0. The molecule has 1 heterocycles. The molecule has 17 heavy (non-hydrogen) atoms. The summed E-state index contributed by atoms with van der Waals surface area (Å²) in [5.41, 5.74) is -0.604. The summed E-state index contributed by atoms with van der Waals surface area (Å²) in [6.45, 7) is 0.335. The van der Waals surface area contributed by atoms with E-state index < -0.39 is 11.6 Å². The molecule has 0 spiro atoms. The second kappa shape index (κ2) is 4.62. The van der Waals surface area contributed by atoms with E-state index in [2.05, 4.69) is 26.2 Å². The Bertz CT molecular complexity index is 446. The quantitative estimate of drug-likeness (QED) is 0.791. The van der Waals surface area contributed by atoms with Crippen molar-refractivity contribution in [2.45, 2.75) is 24.9 Å². The van der Waals surface area contributed by atoms with Gasteiger partial charge in [-0.3, -0.25) is 0 Å². The second-order valence-corrected chi connectivity index (χ2v) is 5.20. The van der Waals surface area contributed by atoms with Crippen molar-refractivity contribution in [3.63, 3.8) is 0 Å². The summed E-state index contributed by atoms with van der Waals surface area (Å²) in [6.07, 6.45) is 4.04. The molecule has 0 saturated heterocycles. The first-order valence-corrected chi connectivity index (χ1v) is 6.15. The topological polar surface area (TPSA) is 82.5 Å². The molecule has 0 atom stereocenters. The molecule has 3 N–H and O–H groups in total. The molecule has 1 aromatic heterocycles. The van der Waals surface area contributed by atoms with Crippen LogP contribution in [0.25, 0.3) is 0 Å². The number of nitrogens with one attached hydrogen (secondary N) is 1. The standard InChI is InChI=1S/C11H13BrN2O3/c12-7-4-8(10(15)16)9(13-5-7)14-6-11(17)2-1-3-11/h4-5,17H,1-3,6H2,(H,13,14)(H,15,16). The Hall–Kier alpha value is -1.14. The molecule has 1 aromatic rings. The molecule has 6 heteroatoms. The molecule has 0 amide bonds. The van der Waals surface area contributed by atoms with Crippen molar-refractivity contribution < 1.29 is 15.0 Å². The Kier molecular flexibility index (Phi) is 3.35. The van der Waals surface area contributed by atoms with Crippen molar-refractivity contribution in [3.8, 4) is 0 Å². The highest BCUT2D eigenvalue weighted by molar-refractivity contribution is 9.10. The lowest BCUT2D eigenvalue weighted by molar-refractivity contribution is -0.0202. The minimum absolute atomic E-state index is 0.0994. The third kappa shape index (κ3) is 2.76. The molecular weight excluding hydrogens is 288 g/mol. The molecule has 1 saturated carbocycles. The molecule has 0 unspecified atom stereocenters. The average Bonchev–Trinajstić information content (AvgIpc) is 2.24. The van der Waals surface area contributed by atoms with Crippen molar-refractivity contribution in [2.75, 3.05) is 11.9 Å². The molecular formula is C11H13BrN2O3. The normalized spacial score (nSPS) is 17.3. The second-order valence-electron chi connectivity index (χ2n) is 4.29. The summed E-state index contributed by atoms with van der Waals surface area (Å²) in [7, 11) is 0. The van der Waals surface area contributed by atoms with Crippen LogP contribution in [0.1, 0.15) is 29.6 Å². The predicted molar refractivity (Wildman–Crippen MR) is 66.2 cm³/mol. The SMILES string of the molecule is O=C(O)c1cc(Br)cnc1NCC1(O)CCC1. The Balaban J connectivity index is 2.12. The van der Waals surface area contributed by atoms with Crippen LogP contribution in [0.5, 0.6) is 0 Å². The van der Waals surface area contributed by atoms with E-state index in [4.69, 9.17) is 5.11 Å². The Morgan fingerprint density at radius 1 is 1.59 bits per heavy atom. The fourth-order valence-electron chi connectivity index (χ4n) is 1.75. The van der Waals surface area contributed by atoms with Gasteiger partial charge in [-0.15, -0.1) is 0 Å². The van der Waals surface area contributed by atoms with Gasteiger partial charge in [-0.25, -0.2) is 9.78 Å². The van der Waals surface area contributed by atoms with Gasteiger partial charge in [-0.1, -0.05) is 0 Å². The van der Waals surface area contributed by atoms with Crippen LogP contribution in [0, 0.1) is 0 Å². The third-order valence-electron chi connectivity index (χ3n) is 2.95. The molecule has 92 valence electrons. The van der Waals surface area contributed by atoms with E-state index in [1.165, 1.54) is 12.3 Å². The van der Waals surface area contributed by atoms with Gasteiger partial charge in [0.25, 0.3) is 0 Å². The molecule has 0 radical (unpaired) electrons. The van der Waals surface area contributed by atoms with E-state index in [0.29, 0.717) is 16.8 Å². The van der Waals surface area contributed by atoms with Gasteiger partial charge in [-0.2, -0.15) is 0 Å². The number of pyridine rings is 1. The number of nitrogens with zero attached hydrogens (tertiary/aromatic N) is 1. The van der Waals surface area contributed by atoms with Gasteiger partial charge in [0.15, 0.2) is 0 Å². The van der Waals surface area contributed by atoms with Crippen LogP contribution in [-0.4, -0.2) is 33.3 Å². The third-order valence-corrected chi connectivity index (χ3v) is 3.39. The van der Waals surface area contributed by atoms with E-state index in [0.717, 1.165) is 19.3 Å². The number of hydrogen-bond acceptors (Lipinski definition) is 4. The first-order valence-electron chi connectivity index (χ1n) is 5.35. The summed E-state index contributed by atoms with van der Waals surface area (Å²) < 4.78 is 0.614. The highest BCUT2D eigenvalue weighted by atomic mass is 79.9. The fraction of sp³-hybridized carbons (Fsp3) is 0.455.